The van der Waals surface area contributed by atoms with Gasteiger partial charge in [-0.1, -0.05) is 56.4 Å². The van der Waals surface area contributed by atoms with Gasteiger partial charge in [0, 0.05) is 11.8 Å². The Morgan fingerprint density at radius 1 is 0.955 bits per heavy atom. The first-order chi connectivity index (χ1) is 20.7. The second-order valence-electron chi connectivity index (χ2n) is 18.5. The average molecular weight is 605 g/mol. The molecule has 0 bridgehead atoms. The van der Waals surface area contributed by atoms with E-state index in [-0.39, 0.29) is 16.7 Å². The summed E-state index contributed by atoms with van der Waals surface area (Å²) in [5.74, 6) is 4.69. The summed E-state index contributed by atoms with van der Waals surface area (Å²) in [5.41, 5.74) is 6.12. The molecule has 44 heavy (non-hydrogen) atoms. The normalized spacial score (nSPS) is 51.0. The molecule has 0 saturated heterocycles. The number of ether oxygens (including phenoxy) is 1. The minimum Gasteiger partial charge on any atom is -0.481 e. The van der Waals surface area contributed by atoms with E-state index < -0.39 is 17.0 Å². The third kappa shape index (κ3) is 3.99. The Balaban J connectivity index is 1.46. The molecular weight excluding hydrogens is 544 g/mol. The van der Waals surface area contributed by atoms with Crippen LogP contribution >= 0.6 is 0 Å². The van der Waals surface area contributed by atoms with Gasteiger partial charge in [-0.3, -0.25) is 9.59 Å². The van der Waals surface area contributed by atoms with E-state index in [1.807, 2.05) is 11.1 Å². The van der Waals surface area contributed by atoms with Gasteiger partial charge in [-0.25, -0.2) is 0 Å². The fourth-order valence-corrected chi connectivity index (χ4v) is 14.4. The van der Waals surface area contributed by atoms with Gasteiger partial charge in [0.2, 0.25) is 0 Å². The quantitative estimate of drug-likeness (QED) is 0.256. The number of allylic oxidation sites excluding steroid dienone is 4. The van der Waals surface area contributed by atoms with Crippen LogP contribution in [-0.2, 0) is 14.3 Å². The summed E-state index contributed by atoms with van der Waals surface area (Å²) >= 11 is 0. The van der Waals surface area contributed by atoms with E-state index in [4.69, 9.17) is 4.74 Å². The third-order valence-electron chi connectivity index (χ3n) is 16.4. The van der Waals surface area contributed by atoms with Crippen LogP contribution in [0, 0.1) is 75.4 Å². The van der Waals surface area contributed by atoms with Crippen molar-refractivity contribution in [2.75, 3.05) is 0 Å². The van der Waals surface area contributed by atoms with Gasteiger partial charge >= 0.3 is 5.97 Å². The van der Waals surface area contributed by atoms with Crippen molar-refractivity contribution in [2.24, 2.45) is 75.4 Å². The smallest absolute Gasteiger partial charge is 0.309 e. The SMILES string of the molecule is CC(C)=C1CCC2C3C1C1=C4C(CC5C(C)(OC=O)CCCC5(C)C4CC(C(C)C)C1)C3CC1C(C)(C(=O)O)CCCC21C. The minimum atomic E-state index is -0.642. The molecule has 7 rings (SSSR count). The predicted molar refractivity (Wildman–Crippen MR) is 175 cm³/mol. The van der Waals surface area contributed by atoms with Crippen molar-refractivity contribution in [3.05, 3.63) is 22.3 Å². The van der Waals surface area contributed by atoms with Gasteiger partial charge in [-0.15, -0.1) is 0 Å². The van der Waals surface area contributed by atoms with Gasteiger partial charge in [-0.2, -0.15) is 0 Å². The molecule has 0 amide bonds. The first kappa shape index (κ1) is 31.0. The van der Waals surface area contributed by atoms with Gasteiger partial charge in [0.15, 0.2) is 0 Å². The maximum atomic E-state index is 13.1. The summed E-state index contributed by atoms with van der Waals surface area (Å²) in [6.07, 6.45) is 13.5. The number of carbonyl (C=O) groups is 2. The number of carboxylic acids is 1. The number of hydrogen-bond acceptors (Lipinski definition) is 3. The Morgan fingerprint density at radius 2 is 1.66 bits per heavy atom. The molecule has 13 atom stereocenters. The van der Waals surface area contributed by atoms with Crippen LogP contribution < -0.4 is 0 Å². The van der Waals surface area contributed by atoms with Crippen LogP contribution in [0.25, 0.3) is 0 Å². The van der Waals surface area contributed by atoms with Crippen LogP contribution in [0.15, 0.2) is 22.3 Å². The zero-order chi connectivity index (χ0) is 31.6. The number of fused-ring (bicyclic) bond motifs is 6. The summed E-state index contributed by atoms with van der Waals surface area (Å²) in [6, 6.07) is 0. The van der Waals surface area contributed by atoms with Gasteiger partial charge in [0.1, 0.15) is 5.60 Å². The van der Waals surface area contributed by atoms with E-state index in [0.29, 0.717) is 53.3 Å². The number of hydrogen-bond donors (Lipinski definition) is 1. The molecule has 0 aromatic heterocycles. The summed E-state index contributed by atoms with van der Waals surface area (Å²) in [7, 11) is 0. The van der Waals surface area contributed by atoms with Gasteiger partial charge < -0.3 is 9.84 Å². The summed E-state index contributed by atoms with van der Waals surface area (Å²) in [6.45, 7) is 19.9. The fraction of sp³-hybridized carbons (Fsp3) is 0.850. The number of carboxylic acid groups (broad SMARTS) is 1. The first-order valence-corrected chi connectivity index (χ1v) is 18.4. The molecule has 1 N–H and O–H groups in total. The van der Waals surface area contributed by atoms with Crippen molar-refractivity contribution in [3.8, 4) is 0 Å². The van der Waals surface area contributed by atoms with Gasteiger partial charge in [0.05, 0.1) is 5.41 Å². The molecule has 7 aliphatic carbocycles. The molecule has 0 aliphatic heterocycles. The monoisotopic (exact) mass is 604 g/mol. The lowest BCUT2D eigenvalue weighted by atomic mass is 9.34. The minimum absolute atomic E-state index is 0.0880. The molecule has 5 fully saturated rings. The Hall–Kier alpha value is -1.58. The molecule has 0 spiro atoms. The highest BCUT2D eigenvalue weighted by molar-refractivity contribution is 5.75. The highest BCUT2D eigenvalue weighted by atomic mass is 16.5. The Morgan fingerprint density at radius 3 is 2.32 bits per heavy atom. The van der Waals surface area contributed by atoms with E-state index in [0.717, 1.165) is 45.0 Å². The molecule has 7 aliphatic rings. The topological polar surface area (TPSA) is 63.6 Å². The maximum absolute atomic E-state index is 13.1. The van der Waals surface area contributed by atoms with Crippen molar-refractivity contribution >= 4 is 12.4 Å². The molecule has 0 heterocycles. The van der Waals surface area contributed by atoms with Crippen LogP contribution in [0.4, 0.5) is 0 Å². The molecule has 0 aromatic rings. The fourth-order valence-electron chi connectivity index (χ4n) is 14.4. The molecule has 5 saturated carbocycles. The second kappa shape index (κ2) is 10.2. The first-order valence-electron chi connectivity index (χ1n) is 18.4. The lowest BCUT2D eigenvalue weighted by Gasteiger charge is -2.70. The molecule has 13 unspecified atom stereocenters. The highest BCUT2D eigenvalue weighted by Crippen LogP contribution is 2.75. The molecule has 0 radical (unpaired) electrons. The van der Waals surface area contributed by atoms with E-state index in [1.54, 1.807) is 5.57 Å². The van der Waals surface area contributed by atoms with E-state index in [9.17, 15) is 14.7 Å². The molecule has 0 aromatic carbocycles. The predicted octanol–water partition coefficient (Wildman–Crippen LogP) is 9.63. The summed E-state index contributed by atoms with van der Waals surface area (Å²) in [5, 5.41) is 10.8. The molecule has 244 valence electrons. The average Bonchev–Trinajstić information content (AvgIpc) is 2.96. The Kier molecular flexibility index (Phi) is 7.20. The zero-order valence-electron chi connectivity index (χ0n) is 29.0. The molecule has 4 heteroatoms. The van der Waals surface area contributed by atoms with Crippen LogP contribution in [0.1, 0.15) is 132 Å². The van der Waals surface area contributed by atoms with Crippen molar-refractivity contribution < 1.29 is 19.4 Å². The van der Waals surface area contributed by atoms with E-state index in [2.05, 4.69) is 55.4 Å². The molecule has 4 nitrogen and oxygen atoms in total. The number of carbonyl (C=O) groups excluding carboxylic acids is 1. The lowest BCUT2D eigenvalue weighted by molar-refractivity contribution is -0.197. The second-order valence-corrected chi connectivity index (χ2v) is 18.5. The van der Waals surface area contributed by atoms with Crippen LogP contribution in [0.5, 0.6) is 0 Å². The lowest BCUT2D eigenvalue weighted by Crippen LogP contribution is -2.65. The molecular formula is C40H60O4. The van der Waals surface area contributed by atoms with E-state index in [1.165, 1.54) is 44.1 Å². The van der Waals surface area contributed by atoms with Crippen molar-refractivity contribution in [1.82, 2.24) is 0 Å². The summed E-state index contributed by atoms with van der Waals surface area (Å²) < 4.78 is 6.14. The van der Waals surface area contributed by atoms with Crippen LogP contribution in [-0.4, -0.2) is 23.1 Å². The Labute approximate surface area is 267 Å². The largest absolute Gasteiger partial charge is 0.481 e. The van der Waals surface area contributed by atoms with Crippen molar-refractivity contribution in [3.63, 3.8) is 0 Å². The number of aliphatic carboxylic acids is 1. The van der Waals surface area contributed by atoms with Gasteiger partial charge in [0.25, 0.3) is 6.47 Å². The third-order valence-corrected chi connectivity index (χ3v) is 16.4. The van der Waals surface area contributed by atoms with E-state index >= 15 is 0 Å². The van der Waals surface area contributed by atoms with Gasteiger partial charge in [-0.05, 0) is 156 Å². The number of rotatable bonds is 4. The highest BCUT2D eigenvalue weighted by Gasteiger charge is 2.69. The maximum Gasteiger partial charge on any atom is 0.309 e. The van der Waals surface area contributed by atoms with Crippen molar-refractivity contribution in [2.45, 2.75) is 138 Å². The van der Waals surface area contributed by atoms with Crippen LogP contribution in [0.2, 0.25) is 0 Å². The summed E-state index contributed by atoms with van der Waals surface area (Å²) in [4.78, 5) is 25.1. The zero-order valence-corrected chi connectivity index (χ0v) is 29.0. The van der Waals surface area contributed by atoms with Crippen LogP contribution in [0.3, 0.4) is 0 Å². The van der Waals surface area contributed by atoms with Crippen molar-refractivity contribution in [1.29, 1.82) is 0 Å². The standard InChI is InChI=1S/C40H60O4/c1-22(2)24-17-28-33-26(20-32-38(6,30(33)18-24)14-10-16-40(32,8)44-21-41)27-19-31-37(5,13-9-15-39(31,7)36(42)43)29-12-11-25(23(3)4)34(28)35(27)29/h21-22,24,26-27,29-32,34-35H,9-20H2,1-8H3,(H,42,43). The Bertz CT molecular complexity index is 1290.